The second kappa shape index (κ2) is 15.0. The number of rotatable bonds is 15. The van der Waals surface area contributed by atoms with Crippen molar-refractivity contribution in [2.75, 3.05) is 26.4 Å². The van der Waals surface area contributed by atoms with Gasteiger partial charge < -0.3 is 19.7 Å². The summed E-state index contributed by atoms with van der Waals surface area (Å²) in [5.74, 6) is -0.616. The number of carbonyl (C=O) groups is 2. The number of unbranched alkanes of at least 4 members (excludes halogenated alkanes) is 2. The van der Waals surface area contributed by atoms with E-state index >= 15 is 0 Å². The Morgan fingerprint density at radius 1 is 0.889 bits per heavy atom. The molecule has 0 unspecified atom stereocenters. The van der Waals surface area contributed by atoms with E-state index in [0.717, 1.165) is 32.1 Å². The largest absolute Gasteiger partial charge is 0.462 e. The molecule has 1 fully saturated rings. The molecular formula is C30H44O6. The molecule has 0 aliphatic heterocycles. The first kappa shape index (κ1) is 29.8. The van der Waals surface area contributed by atoms with Gasteiger partial charge in [0.1, 0.15) is 13.2 Å². The molecule has 2 rings (SSSR count). The molecule has 2 N–H and O–H groups in total. The minimum Gasteiger partial charge on any atom is -0.462 e. The zero-order valence-corrected chi connectivity index (χ0v) is 22.1. The van der Waals surface area contributed by atoms with Crippen molar-refractivity contribution >= 4 is 11.9 Å². The van der Waals surface area contributed by atoms with Gasteiger partial charge in [0.05, 0.1) is 24.4 Å². The molecule has 1 aromatic carbocycles. The first-order valence-electron chi connectivity index (χ1n) is 13.3. The van der Waals surface area contributed by atoms with Crippen LogP contribution < -0.4 is 0 Å². The molecule has 0 bridgehead atoms. The van der Waals surface area contributed by atoms with Crippen LogP contribution in [0.25, 0.3) is 0 Å². The highest BCUT2D eigenvalue weighted by atomic mass is 16.5. The Bertz CT molecular complexity index is 832. The van der Waals surface area contributed by atoms with Crippen LogP contribution in [0.5, 0.6) is 0 Å². The first-order valence-corrected chi connectivity index (χ1v) is 13.3. The van der Waals surface area contributed by atoms with Crippen LogP contribution >= 0.6 is 0 Å². The average molecular weight is 501 g/mol. The Morgan fingerprint density at radius 2 is 1.42 bits per heavy atom. The Morgan fingerprint density at radius 3 is 1.86 bits per heavy atom. The van der Waals surface area contributed by atoms with Gasteiger partial charge in [0.25, 0.3) is 0 Å². The van der Waals surface area contributed by atoms with E-state index in [2.05, 4.69) is 44.3 Å². The molecule has 200 valence electrons. The summed E-state index contributed by atoms with van der Waals surface area (Å²) < 4.78 is 11.1. The monoisotopic (exact) mass is 500 g/mol. The fraction of sp³-hybridized carbons (Fsp3) is 0.600. The molecule has 1 aliphatic rings. The zero-order valence-electron chi connectivity index (χ0n) is 22.1. The molecule has 0 saturated heterocycles. The highest BCUT2D eigenvalue weighted by molar-refractivity contribution is 5.88. The lowest BCUT2D eigenvalue weighted by atomic mass is 9.65. The maximum atomic E-state index is 12.2. The van der Waals surface area contributed by atoms with Gasteiger partial charge in [-0.1, -0.05) is 64.1 Å². The summed E-state index contributed by atoms with van der Waals surface area (Å²) in [5, 5.41) is 18.4. The highest BCUT2D eigenvalue weighted by Gasteiger charge is 2.42. The summed E-state index contributed by atoms with van der Waals surface area (Å²) in [7, 11) is 0. The number of esters is 2. The molecule has 36 heavy (non-hydrogen) atoms. The van der Waals surface area contributed by atoms with Crippen LogP contribution in [0.2, 0.25) is 0 Å². The SMILES string of the molecule is C=C(CO)C(=O)OCC(CC)(COC(=O)C(=C)CO)C1CCC(c2ccc(CCCCC)cc2)CC1. The van der Waals surface area contributed by atoms with E-state index < -0.39 is 30.6 Å². The summed E-state index contributed by atoms with van der Waals surface area (Å²) in [6.07, 6.45) is 9.36. The van der Waals surface area contributed by atoms with Gasteiger partial charge in [0.2, 0.25) is 0 Å². The molecular weight excluding hydrogens is 456 g/mol. The van der Waals surface area contributed by atoms with Gasteiger partial charge in [-0.05, 0) is 67.9 Å². The summed E-state index contributed by atoms with van der Waals surface area (Å²) in [6, 6.07) is 9.05. The summed E-state index contributed by atoms with van der Waals surface area (Å²) in [4.78, 5) is 24.4. The van der Waals surface area contributed by atoms with Crippen molar-refractivity contribution in [3.05, 3.63) is 59.7 Å². The van der Waals surface area contributed by atoms with E-state index in [9.17, 15) is 19.8 Å². The van der Waals surface area contributed by atoms with Gasteiger partial charge in [0, 0.05) is 5.41 Å². The number of benzene rings is 1. The third-order valence-corrected chi connectivity index (χ3v) is 7.76. The number of aliphatic hydroxyl groups excluding tert-OH is 2. The van der Waals surface area contributed by atoms with Crippen LogP contribution in [0.1, 0.15) is 82.3 Å². The van der Waals surface area contributed by atoms with Crippen LogP contribution in [0, 0.1) is 11.3 Å². The van der Waals surface area contributed by atoms with Gasteiger partial charge in [-0.2, -0.15) is 0 Å². The first-order chi connectivity index (χ1) is 17.3. The second-order valence-corrected chi connectivity index (χ2v) is 10.1. The van der Waals surface area contributed by atoms with E-state index in [1.165, 1.54) is 30.4 Å². The molecule has 0 radical (unpaired) electrons. The predicted molar refractivity (Wildman–Crippen MR) is 141 cm³/mol. The Labute approximate surface area is 216 Å². The maximum absolute atomic E-state index is 12.2. The molecule has 1 saturated carbocycles. The molecule has 6 heteroatoms. The van der Waals surface area contributed by atoms with Crippen molar-refractivity contribution in [1.82, 2.24) is 0 Å². The average Bonchev–Trinajstić information content (AvgIpc) is 2.92. The van der Waals surface area contributed by atoms with Crippen molar-refractivity contribution in [2.24, 2.45) is 11.3 Å². The van der Waals surface area contributed by atoms with E-state index in [1.807, 2.05) is 6.92 Å². The molecule has 0 atom stereocenters. The Balaban J connectivity index is 2.08. The van der Waals surface area contributed by atoms with Crippen molar-refractivity contribution in [3.63, 3.8) is 0 Å². The summed E-state index contributed by atoms with van der Waals surface area (Å²) >= 11 is 0. The Hall–Kier alpha value is -2.44. The molecule has 0 aromatic heterocycles. The third kappa shape index (κ3) is 8.31. The number of carbonyl (C=O) groups excluding carboxylic acids is 2. The number of aryl methyl sites for hydroxylation is 1. The van der Waals surface area contributed by atoms with E-state index in [1.54, 1.807) is 0 Å². The smallest absolute Gasteiger partial charge is 0.335 e. The topological polar surface area (TPSA) is 93.1 Å². The fourth-order valence-electron chi connectivity index (χ4n) is 5.10. The van der Waals surface area contributed by atoms with Crippen molar-refractivity contribution < 1.29 is 29.3 Å². The number of hydrogen-bond acceptors (Lipinski definition) is 6. The van der Waals surface area contributed by atoms with Crippen molar-refractivity contribution in [2.45, 2.75) is 77.6 Å². The normalized spacial score (nSPS) is 17.9. The lowest BCUT2D eigenvalue weighted by Crippen LogP contribution is -2.42. The number of aliphatic hydroxyl groups is 2. The third-order valence-electron chi connectivity index (χ3n) is 7.76. The predicted octanol–water partition coefficient (Wildman–Crippen LogP) is 5.27. The van der Waals surface area contributed by atoms with Crippen LogP contribution in [0.15, 0.2) is 48.6 Å². The fourth-order valence-corrected chi connectivity index (χ4v) is 5.10. The van der Waals surface area contributed by atoms with Crippen LogP contribution in [0.4, 0.5) is 0 Å². The lowest BCUT2D eigenvalue weighted by Gasteiger charge is -2.43. The van der Waals surface area contributed by atoms with Gasteiger partial charge >= 0.3 is 11.9 Å². The standard InChI is InChI=1S/C30H44O6/c1-5-7-8-9-24-10-12-25(13-11-24)26-14-16-27(17-15-26)30(6-2,20-35-28(33)22(3)18-31)21-36-29(34)23(4)19-32/h10-13,26-27,31-32H,3-9,14-21H2,1-2H3. The molecule has 0 spiro atoms. The van der Waals surface area contributed by atoms with Gasteiger partial charge in [-0.3, -0.25) is 0 Å². The van der Waals surface area contributed by atoms with Crippen LogP contribution in [0.3, 0.4) is 0 Å². The molecule has 6 nitrogen and oxygen atoms in total. The van der Waals surface area contributed by atoms with Crippen LogP contribution in [-0.4, -0.2) is 48.6 Å². The van der Waals surface area contributed by atoms with Gasteiger partial charge in [-0.25, -0.2) is 9.59 Å². The minimum atomic E-state index is -0.644. The maximum Gasteiger partial charge on any atom is 0.335 e. The number of hydrogen-bond donors (Lipinski definition) is 2. The van der Waals surface area contributed by atoms with E-state index in [0.29, 0.717) is 12.3 Å². The quantitative estimate of drug-likeness (QED) is 0.194. The molecule has 1 aliphatic carbocycles. The highest BCUT2D eigenvalue weighted by Crippen LogP contribution is 2.46. The zero-order chi connectivity index (χ0) is 26.6. The summed E-state index contributed by atoms with van der Waals surface area (Å²) in [6.45, 7) is 10.5. The van der Waals surface area contributed by atoms with Gasteiger partial charge in [-0.15, -0.1) is 0 Å². The lowest BCUT2D eigenvalue weighted by molar-refractivity contribution is -0.154. The molecule has 0 heterocycles. The van der Waals surface area contributed by atoms with Gasteiger partial charge in [0.15, 0.2) is 0 Å². The minimum absolute atomic E-state index is 0.00694. The Kier molecular flexibility index (Phi) is 12.4. The van der Waals surface area contributed by atoms with Crippen molar-refractivity contribution in [1.29, 1.82) is 0 Å². The number of ether oxygens (including phenoxy) is 2. The van der Waals surface area contributed by atoms with Crippen LogP contribution in [-0.2, 0) is 25.5 Å². The summed E-state index contributed by atoms with van der Waals surface area (Å²) in [5.41, 5.74) is 2.18. The molecule has 0 amide bonds. The van der Waals surface area contributed by atoms with E-state index in [-0.39, 0.29) is 30.3 Å². The van der Waals surface area contributed by atoms with E-state index in [4.69, 9.17) is 9.47 Å². The second-order valence-electron chi connectivity index (χ2n) is 10.1. The molecule has 1 aromatic rings. The van der Waals surface area contributed by atoms with Crippen molar-refractivity contribution in [3.8, 4) is 0 Å².